The highest BCUT2D eigenvalue weighted by molar-refractivity contribution is 9.10. The van der Waals surface area contributed by atoms with Gasteiger partial charge in [-0.05, 0) is 47.4 Å². The average Bonchev–Trinajstić information content (AvgIpc) is 2.40. The molecule has 0 heterocycles. The van der Waals surface area contributed by atoms with Gasteiger partial charge in [-0.3, -0.25) is 0 Å². The van der Waals surface area contributed by atoms with Crippen LogP contribution in [0.4, 0.5) is 8.78 Å². The lowest BCUT2D eigenvalue weighted by molar-refractivity contribution is 0.0653. The molecule has 5 heteroatoms. The molecule has 1 aromatic carbocycles. The number of benzene rings is 1. The van der Waals surface area contributed by atoms with E-state index in [9.17, 15) is 8.78 Å². The van der Waals surface area contributed by atoms with E-state index in [0.29, 0.717) is 0 Å². The first-order valence-corrected chi connectivity index (χ1v) is 7.22. The van der Waals surface area contributed by atoms with Crippen molar-refractivity contribution >= 4 is 15.9 Å². The van der Waals surface area contributed by atoms with Gasteiger partial charge in [-0.25, -0.2) is 8.78 Å². The van der Waals surface area contributed by atoms with Crippen LogP contribution in [0.25, 0.3) is 0 Å². The molecular weight excluding hydrogens is 316 g/mol. The third-order valence-electron chi connectivity index (χ3n) is 3.18. The predicted molar refractivity (Wildman–Crippen MR) is 76.3 cm³/mol. The van der Waals surface area contributed by atoms with Gasteiger partial charge in [0.15, 0.2) is 0 Å². The van der Waals surface area contributed by atoms with Crippen molar-refractivity contribution in [3.8, 4) is 0 Å². The fraction of sp³-hybridized carbons (Fsp3) is 0.571. The van der Waals surface area contributed by atoms with E-state index in [4.69, 9.17) is 4.74 Å². The van der Waals surface area contributed by atoms with Crippen LogP contribution in [0, 0.1) is 11.6 Å². The molecule has 0 aromatic heterocycles. The Morgan fingerprint density at radius 3 is 2.53 bits per heavy atom. The van der Waals surface area contributed by atoms with Crippen LogP contribution in [-0.4, -0.2) is 25.8 Å². The number of methoxy groups -OCH3 is 1. The zero-order valence-corrected chi connectivity index (χ0v) is 13.1. The van der Waals surface area contributed by atoms with E-state index in [0.717, 1.165) is 13.0 Å². The summed E-state index contributed by atoms with van der Waals surface area (Å²) in [7, 11) is 1.62. The fourth-order valence-electron chi connectivity index (χ4n) is 2.19. The van der Waals surface area contributed by atoms with Crippen LogP contribution in [-0.2, 0) is 11.2 Å². The zero-order valence-electron chi connectivity index (χ0n) is 11.5. The largest absolute Gasteiger partial charge is 0.380 e. The Kier molecular flexibility index (Phi) is 6.89. The van der Waals surface area contributed by atoms with Crippen LogP contribution in [0.15, 0.2) is 16.6 Å². The standard InChI is InChI=1S/C14H20BrF2NO/c1-4-13(19-3)12(18-5-2)8-9-11(16)7-6-10(15)14(9)17/h6-7,12-13,18H,4-5,8H2,1-3H3. The molecule has 2 nitrogen and oxygen atoms in total. The Labute approximate surface area is 121 Å². The minimum atomic E-state index is -0.533. The van der Waals surface area contributed by atoms with Gasteiger partial charge in [0.2, 0.25) is 0 Å². The van der Waals surface area contributed by atoms with Crippen LogP contribution in [0.5, 0.6) is 0 Å². The van der Waals surface area contributed by atoms with Gasteiger partial charge in [-0.15, -0.1) is 0 Å². The van der Waals surface area contributed by atoms with Crippen LogP contribution in [0.1, 0.15) is 25.8 Å². The van der Waals surface area contributed by atoms with Crippen LogP contribution in [0.3, 0.4) is 0 Å². The van der Waals surface area contributed by atoms with Crippen molar-refractivity contribution in [1.29, 1.82) is 0 Å². The highest BCUT2D eigenvalue weighted by Gasteiger charge is 2.23. The predicted octanol–water partition coefficient (Wildman–Crippen LogP) is 3.67. The lowest BCUT2D eigenvalue weighted by Gasteiger charge is -2.26. The molecule has 0 aliphatic rings. The van der Waals surface area contributed by atoms with Gasteiger partial charge in [0.1, 0.15) is 11.6 Å². The molecule has 0 aliphatic carbocycles. The third kappa shape index (κ3) is 4.23. The lowest BCUT2D eigenvalue weighted by atomic mass is 9.98. The van der Waals surface area contributed by atoms with Crippen LogP contribution in [0.2, 0.25) is 0 Å². The molecule has 1 N–H and O–H groups in total. The first kappa shape index (κ1) is 16.5. The van der Waals surface area contributed by atoms with Crippen molar-refractivity contribution in [3.05, 3.63) is 33.8 Å². The number of rotatable bonds is 7. The lowest BCUT2D eigenvalue weighted by Crippen LogP contribution is -2.42. The van der Waals surface area contributed by atoms with E-state index in [2.05, 4.69) is 21.2 Å². The number of likely N-dealkylation sites (N-methyl/N-ethyl adjacent to an activating group) is 1. The second-order valence-electron chi connectivity index (χ2n) is 4.37. The summed E-state index contributed by atoms with van der Waals surface area (Å²) >= 11 is 3.09. The van der Waals surface area contributed by atoms with Crippen molar-refractivity contribution in [3.63, 3.8) is 0 Å². The smallest absolute Gasteiger partial charge is 0.143 e. The molecule has 0 amide bonds. The van der Waals surface area contributed by atoms with Crippen molar-refractivity contribution < 1.29 is 13.5 Å². The molecule has 0 saturated carbocycles. The summed E-state index contributed by atoms with van der Waals surface area (Å²) in [5.41, 5.74) is 0.0934. The molecule has 0 spiro atoms. The summed E-state index contributed by atoms with van der Waals surface area (Å²) < 4.78 is 33.4. The quantitative estimate of drug-likeness (QED) is 0.767. The minimum absolute atomic E-state index is 0.0715. The van der Waals surface area contributed by atoms with E-state index in [1.54, 1.807) is 7.11 Å². The number of halogens is 3. The Morgan fingerprint density at radius 2 is 2.00 bits per heavy atom. The highest BCUT2D eigenvalue weighted by atomic mass is 79.9. The van der Waals surface area contributed by atoms with Crippen molar-refractivity contribution in [2.24, 2.45) is 0 Å². The molecule has 2 atom stereocenters. The topological polar surface area (TPSA) is 21.3 Å². The third-order valence-corrected chi connectivity index (χ3v) is 3.80. The summed E-state index contributed by atoms with van der Waals surface area (Å²) in [5, 5.41) is 3.23. The highest BCUT2D eigenvalue weighted by Crippen LogP contribution is 2.24. The molecule has 0 aliphatic heterocycles. The van der Waals surface area contributed by atoms with Gasteiger partial charge in [0.25, 0.3) is 0 Å². The van der Waals surface area contributed by atoms with E-state index in [1.807, 2.05) is 13.8 Å². The van der Waals surface area contributed by atoms with Gasteiger partial charge < -0.3 is 10.1 Å². The number of nitrogens with one attached hydrogen (secondary N) is 1. The van der Waals surface area contributed by atoms with Gasteiger partial charge >= 0.3 is 0 Å². The van der Waals surface area contributed by atoms with Gasteiger partial charge in [-0.1, -0.05) is 13.8 Å². The Hall–Kier alpha value is -0.520. The average molecular weight is 336 g/mol. The van der Waals surface area contributed by atoms with Crippen molar-refractivity contribution in [2.75, 3.05) is 13.7 Å². The maximum Gasteiger partial charge on any atom is 0.143 e. The molecule has 108 valence electrons. The van der Waals surface area contributed by atoms with E-state index in [1.165, 1.54) is 12.1 Å². The molecule has 0 radical (unpaired) electrons. The van der Waals surface area contributed by atoms with E-state index < -0.39 is 11.6 Å². The summed E-state index contributed by atoms with van der Waals surface area (Å²) in [4.78, 5) is 0. The Morgan fingerprint density at radius 1 is 1.32 bits per heavy atom. The summed E-state index contributed by atoms with van der Waals surface area (Å²) in [5.74, 6) is -1.05. The van der Waals surface area contributed by atoms with Crippen molar-refractivity contribution in [1.82, 2.24) is 5.32 Å². The molecular formula is C14H20BrF2NO. The van der Waals surface area contributed by atoms with Crippen molar-refractivity contribution in [2.45, 2.75) is 38.8 Å². The molecule has 0 saturated heterocycles. The second kappa shape index (κ2) is 7.92. The Balaban J connectivity index is 2.99. The summed E-state index contributed by atoms with van der Waals surface area (Å²) in [6.45, 7) is 4.68. The zero-order chi connectivity index (χ0) is 14.4. The van der Waals surface area contributed by atoms with E-state index in [-0.39, 0.29) is 28.6 Å². The molecule has 0 bridgehead atoms. The maximum atomic E-state index is 14.0. The van der Waals surface area contributed by atoms with Crippen LogP contribution < -0.4 is 5.32 Å². The number of hydrogen-bond acceptors (Lipinski definition) is 2. The van der Waals surface area contributed by atoms with Gasteiger partial charge in [0.05, 0.1) is 10.6 Å². The molecule has 0 fully saturated rings. The van der Waals surface area contributed by atoms with E-state index >= 15 is 0 Å². The normalized spacial score (nSPS) is 14.4. The second-order valence-corrected chi connectivity index (χ2v) is 5.23. The summed E-state index contributed by atoms with van der Waals surface area (Å²) in [6, 6.07) is 2.54. The Bertz CT molecular complexity index is 411. The maximum absolute atomic E-state index is 14.0. The number of ether oxygens (including phenoxy) is 1. The minimum Gasteiger partial charge on any atom is -0.380 e. The molecule has 1 rings (SSSR count). The first-order chi connectivity index (χ1) is 9.04. The molecule has 19 heavy (non-hydrogen) atoms. The van der Waals surface area contributed by atoms with Gasteiger partial charge in [-0.2, -0.15) is 0 Å². The molecule has 1 aromatic rings. The fourth-order valence-corrected chi connectivity index (χ4v) is 2.56. The molecule has 2 unspecified atom stereocenters. The first-order valence-electron chi connectivity index (χ1n) is 6.43. The SMILES string of the molecule is CCNC(Cc1c(F)ccc(Br)c1F)C(CC)OC. The summed E-state index contributed by atoms with van der Waals surface area (Å²) in [6.07, 6.45) is 0.973. The number of hydrogen-bond donors (Lipinski definition) is 1. The monoisotopic (exact) mass is 335 g/mol. The van der Waals surface area contributed by atoms with Gasteiger partial charge in [0, 0.05) is 18.7 Å². The van der Waals surface area contributed by atoms with Crippen LogP contribution >= 0.6 is 15.9 Å².